The molecule has 2 atom stereocenters. The van der Waals surface area contributed by atoms with Crippen LogP contribution < -0.4 is 5.73 Å². The minimum absolute atomic E-state index is 0.444. The summed E-state index contributed by atoms with van der Waals surface area (Å²) in [6, 6.07) is 0. The Kier molecular flexibility index (Phi) is 7.30. The van der Waals surface area contributed by atoms with Gasteiger partial charge in [0.05, 0.1) is 0 Å². The van der Waals surface area contributed by atoms with Gasteiger partial charge in [-0.1, -0.05) is 54.4 Å². The van der Waals surface area contributed by atoms with E-state index in [1.54, 1.807) is 0 Å². The molecule has 1 heteroatoms. The first-order valence-corrected chi connectivity index (χ1v) is 7.07. The summed E-state index contributed by atoms with van der Waals surface area (Å²) in [5.74, 6) is 2.38. The maximum absolute atomic E-state index is 5.66. The minimum atomic E-state index is 0.444. The average molecular weight is 227 g/mol. The maximum atomic E-state index is 5.66. The summed E-state index contributed by atoms with van der Waals surface area (Å²) in [6.07, 6.45) is 5.10. The van der Waals surface area contributed by atoms with Crippen LogP contribution in [0.25, 0.3) is 0 Å². The van der Waals surface area contributed by atoms with E-state index in [1.807, 2.05) is 0 Å². The first-order valence-electron chi connectivity index (χ1n) is 7.07. The molecule has 0 aromatic carbocycles. The van der Waals surface area contributed by atoms with Crippen LogP contribution in [0.15, 0.2) is 0 Å². The molecule has 1 nitrogen and oxygen atoms in total. The fraction of sp³-hybridized carbons (Fsp3) is 1.00. The number of hydrogen-bond donors (Lipinski definition) is 1. The summed E-state index contributed by atoms with van der Waals surface area (Å²) in [5.41, 5.74) is 6.10. The van der Waals surface area contributed by atoms with Crippen molar-refractivity contribution in [3.63, 3.8) is 0 Å². The van der Waals surface area contributed by atoms with Gasteiger partial charge in [0, 0.05) is 0 Å². The van der Waals surface area contributed by atoms with Gasteiger partial charge in [-0.25, -0.2) is 0 Å². The Balaban J connectivity index is 4.59. The van der Waals surface area contributed by atoms with Crippen LogP contribution in [0.2, 0.25) is 0 Å². The van der Waals surface area contributed by atoms with E-state index in [2.05, 4.69) is 41.5 Å². The summed E-state index contributed by atoms with van der Waals surface area (Å²) in [5, 5.41) is 0. The van der Waals surface area contributed by atoms with Crippen LogP contribution in [0.1, 0.15) is 67.2 Å². The van der Waals surface area contributed by atoms with Crippen LogP contribution in [0.4, 0.5) is 0 Å². The van der Waals surface area contributed by atoms with Crippen LogP contribution in [-0.2, 0) is 0 Å². The highest BCUT2D eigenvalue weighted by molar-refractivity contribution is 4.84. The van der Waals surface area contributed by atoms with Crippen molar-refractivity contribution < 1.29 is 0 Å². The summed E-state index contributed by atoms with van der Waals surface area (Å²) >= 11 is 0. The third-order valence-corrected chi connectivity index (χ3v) is 4.47. The topological polar surface area (TPSA) is 26.0 Å². The Morgan fingerprint density at radius 1 is 1.06 bits per heavy atom. The molecule has 0 radical (unpaired) electrons. The van der Waals surface area contributed by atoms with Crippen molar-refractivity contribution in [1.82, 2.24) is 0 Å². The van der Waals surface area contributed by atoms with Crippen molar-refractivity contribution in [3.05, 3.63) is 0 Å². The van der Waals surface area contributed by atoms with Gasteiger partial charge in [-0.2, -0.15) is 0 Å². The lowest BCUT2D eigenvalue weighted by molar-refractivity contribution is 0.0739. The van der Waals surface area contributed by atoms with Crippen LogP contribution in [0, 0.1) is 23.2 Å². The Labute approximate surface area is 103 Å². The third-order valence-electron chi connectivity index (χ3n) is 4.47. The first-order chi connectivity index (χ1) is 7.37. The van der Waals surface area contributed by atoms with E-state index < -0.39 is 0 Å². The Morgan fingerprint density at radius 3 is 2.00 bits per heavy atom. The van der Waals surface area contributed by atoms with Crippen molar-refractivity contribution >= 4 is 0 Å². The number of rotatable bonds is 8. The summed E-state index contributed by atoms with van der Waals surface area (Å²) in [4.78, 5) is 0. The van der Waals surface area contributed by atoms with E-state index in [-0.39, 0.29) is 0 Å². The molecule has 2 N–H and O–H groups in total. The second-order valence-electron chi connectivity index (χ2n) is 6.29. The second-order valence-corrected chi connectivity index (χ2v) is 6.29. The molecule has 0 saturated heterocycles. The van der Waals surface area contributed by atoms with Gasteiger partial charge in [0.2, 0.25) is 0 Å². The largest absolute Gasteiger partial charge is 0.330 e. The quantitative estimate of drug-likeness (QED) is 0.651. The minimum Gasteiger partial charge on any atom is -0.330 e. The number of nitrogens with two attached hydrogens (primary N) is 1. The molecule has 0 saturated carbocycles. The van der Waals surface area contributed by atoms with Crippen LogP contribution >= 0.6 is 0 Å². The molecule has 0 heterocycles. The molecule has 0 aliphatic heterocycles. The fourth-order valence-corrected chi connectivity index (χ4v) is 3.07. The van der Waals surface area contributed by atoms with Crippen molar-refractivity contribution in [2.24, 2.45) is 28.9 Å². The average Bonchev–Trinajstić information content (AvgIpc) is 2.17. The van der Waals surface area contributed by atoms with Crippen molar-refractivity contribution in [2.75, 3.05) is 6.54 Å². The normalized spacial score (nSPS) is 16.5. The van der Waals surface area contributed by atoms with Crippen molar-refractivity contribution in [1.29, 1.82) is 0 Å². The molecule has 0 fully saturated rings. The van der Waals surface area contributed by atoms with Gasteiger partial charge in [0.25, 0.3) is 0 Å². The summed E-state index contributed by atoms with van der Waals surface area (Å²) in [6.45, 7) is 15.2. The number of hydrogen-bond acceptors (Lipinski definition) is 1. The zero-order valence-electron chi connectivity index (χ0n) is 12.3. The lowest BCUT2D eigenvalue weighted by atomic mass is 9.63. The Morgan fingerprint density at radius 2 is 1.62 bits per heavy atom. The lowest BCUT2D eigenvalue weighted by Crippen LogP contribution is -2.34. The predicted octanol–water partition coefficient (Wildman–Crippen LogP) is 4.46. The predicted molar refractivity (Wildman–Crippen MR) is 74.5 cm³/mol. The van der Waals surface area contributed by atoms with E-state index in [9.17, 15) is 0 Å². The smallest absolute Gasteiger partial charge is 0.00772 e. The molecule has 0 aromatic rings. The molecule has 0 spiro atoms. The van der Waals surface area contributed by atoms with Gasteiger partial charge in [0.1, 0.15) is 0 Å². The SMILES string of the molecule is CCCC(C)C(C)(C)C(CCCN)C(C)C. The van der Waals surface area contributed by atoms with Crippen LogP contribution in [-0.4, -0.2) is 6.54 Å². The molecule has 2 unspecified atom stereocenters. The van der Waals surface area contributed by atoms with Gasteiger partial charge in [-0.3, -0.25) is 0 Å². The first kappa shape index (κ1) is 16.0. The van der Waals surface area contributed by atoms with Gasteiger partial charge < -0.3 is 5.73 Å². The second kappa shape index (κ2) is 7.32. The molecule has 98 valence electrons. The molecular weight excluding hydrogens is 194 g/mol. The molecule has 0 aliphatic carbocycles. The van der Waals surface area contributed by atoms with E-state index >= 15 is 0 Å². The Hall–Kier alpha value is -0.0400. The van der Waals surface area contributed by atoms with E-state index in [0.29, 0.717) is 5.41 Å². The molecule has 16 heavy (non-hydrogen) atoms. The van der Waals surface area contributed by atoms with Gasteiger partial charge >= 0.3 is 0 Å². The molecule has 0 rings (SSSR count). The zero-order valence-corrected chi connectivity index (χ0v) is 12.3. The van der Waals surface area contributed by atoms with Crippen LogP contribution in [0.3, 0.4) is 0 Å². The molecule has 0 aliphatic rings. The van der Waals surface area contributed by atoms with E-state index in [1.165, 1.54) is 25.7 Å². The lowest BCUT2D eigenvalue weighted by Gasteiger charge is -2.42. The Bertz CT molecular complexity index is 172. The highest BCUT2D eigenvalue weighted by Crippen LogP contribution is 2.43. The molecule has 0 amide bonds. The van der Waals surface area contributed by atoms with Crippen LogP contribution in [0.5, 0.6) is 0 Å². The van der Waals surface area contributed by atoms with E-state index in [4.69, 9.17) is 5.73 Å². The fourth-order valence-electron chi connectivity index (χ4n) is 3.07. The van der Waals surface area contributed by atoms with Crippen molar-refractivity contribution in [3.8, 4) is 0 Å². The molecule has 0 bridgehead atoms. The zero-order chi connectivity index (χ0) is 12.8. The standard InChI is InChI=1S/C15H33N/c1-7-9-13(4)15(5,6)14(12(2)3)10-8-11-16/h12-14H,7-11,16H2,1-6H3. The third kappa shape index (κ3) is 4.45. The van der Waals surface area contributed by atoms with Gasteiger partial charge in [-0.15, -0.1) is 0 Å². The highest BCUT2D eigenvalue weighted by Gasteiger charge is 2.35. The highest BCUT2D eigenvalue weighted by atomic mass is 14.5. The monoisotopic (exact) mass is 227 g/mol. The van der Waals surface area contributed by atoms with Gasteiger partial charge in [0.15, 0.2) is 0 Å². The summed E-state index contributed by atoms with van der Waals surface area (Å²) < 4.78 is 0. The van der Waals surface area contributed by atoms with Crippen molar-refractivity contribution in [2.45, 2.75) is 67.2 Å². The summed E-state index contributed by atoms with van der Waals surface area (Å²) in [7, 11) is 0. The van der Waals surface area contributed by atoms with Gasteiger partial charge in [-0.05, 0) is 42.6 Å². The molecular formula is C15H33N. The maximum Gasteiger partial charge on any atom is -0.00772 e. The van der Waals surface area contributed by atoms with E-state index in [0.717, 1.165) is 24.3 Å². The molecule has 0 aromatic heterocycles.